The van der Waals surface area contributed by atoms with Crippen molar-refractivity contribution in [3.63, 3.8) is 0 Å². The van der Waals surface area contributed by atoms with E-state index < -0.39 is 6.04 Å². The molecule has 1 atom stereocenters. The van der Waals surface area contributed by atoms with E-state index in [1.54, 1.807) is 29.3 Å². The third-order valence-electron chi connectivity index (χ3n) is 4.38. The molecule has 2 aromatic heterocycles. The van der Waals surface area contributed by atoms with Gasteiger partial charge in [-0.05, 0) is 37.6 Å². The van der Waals surface area contributed by atoms with Crippen LogP contribution in [0.15, 0.2) is 42.7 Å². The molecule has 1 unspecified atom stereocenters. The Morgan fingerprint density at radius 3 is 3.00 bits per heavy atom. The molecule has 1 aromatic carbocycles. The zero-order chi connectivity index (χ0) is 18.3. The van der Waals surface area contributed by atoms with Gasteiger partial charge in [-0.2, -0.15) is 5.10 Å². The highest BCUT2D eigenvalue weighted by atomic mass is 35.5. The van der Waals surface area contributed by atoms with E-state index in [1.807, 2.05) is 19.1 Å². The standard InChI is InChI=1S/C18H16ClN5O2/c1-11-5-8-24-16(21-11)14(10-20-24)17(25)22-15-6-7-23(18(15)26)13-4-2-3-12(19)9-13/h2-5,8-10,15H,6-7H2,1H3,(H,22,25). The number of nitrogens with one attached hydrogen (secondary N) is 1. The Labute approximate surface area is 154 Å². The summed E-state index contributed by atoms with van der Waals surface area (Å²) in [4.78, 5) is 31.3. The van der Waals surface area contributed by atoms with Crippen molar-refractivity contribution in [2.45, 2.75) is 19.4 Å². The Bertz CT molecular complexity index is 1020. The number of rotatable bonds is 3. The summed E-state index contributed by atoms with van der Waals surface area (Å²) in [5.74, 6) is -0.509. The van der Waals surface area contributed by atoms with Gasteiger partial charge in [0.15, 0.2) is 5.65 Å². The van der Waals surface area contributed by atoms with Crippen LogP contribution < -0.4 is 10.2 Å². The first kappa shape index (κ1) is 16.5. The summed E-state index contributed by atoms with van der Waals surface area (Å²) in [5.41, 5.74) is 2.34. The Morgan fingerprint density at radius 1 is 1.35 bits per heavy atom. The molecule has 0 spiro atoms. The minimum absolute atomic E-state index is 0.152. The molecule has 8 heteroatoms. The normalized spacial score (nSPS) is 17.1. The average molecular weight is 370 g/mol. The van der Waals surface area contributed by atoms with Gasteiger partial charge in [0.25, 0.3) is 5.91 Å². The fraction of sp³-hybridized carbons (Fsp3) is 0.222. The zero-order valence-corrected chi connectivity index (χ0v) is 14.8. The third kappa shape index (κ3) is 2.90. The molecule has 7 nitrogen and oxygen atoms in total. The highest BCUT2D eigenvalue weighted by Gasteiger charge is 2.34. The number of hydrogen-bond acceptors (Lipinski definition) is 4. The van der Waals surface area contributed by atoms with Crippen LogP contribution in [0.5, 0.6) is 0 Å². The number of carbonyl (C=O) groups excluding carboxylic acids is 2. The summed E-state index contributed by atoms with van der Waals surface area (Å²) in [6, 6.07) is 8.34. The monoisotopic (exact) mass is 369 g/mol. The maximum absolute atomic E-state index is 12.7. The molecule has 0 aliphatic carbocycles. The third-order valence-corrected chi connectivity index (χ3v) is 4.62. The Kier molecular flexibility index (Phi) is 4.08. The van der Waals surface area contributed by atoms with Crippen molar-refractivity contribution in [3.8, 4) is 0 Å². The molecular weight excluding hydrogens is 354 g/mol. The smallest absolute Gasteiger partial charge is 0.257 e. The molecule has 3 heterocycles. The number of carbonyl (C=O) groups is 2. The molecular formula is C18H16ClN5O2. The van der Waals surface area contributed by atoms with Crippen LogP contribution in [0.2, 0.25) is 5.02 Å². The van der Waals surface area contributed by atoms with Crippen molar-refractivity contribution >= 4 is 34.7 Å². The van der Waals surface area contributed by atoms with Gasteiger partial charge in [-0.25, -0.2) is 9.50 Å². The van der Waals surface area contributed by atoms with Gasteiger partial charge in [-0.1, -0.05) is 17.7 Å². The van der Waals surface area contributed by atoms with E-state index in [1.165, 1.54) is 10.7 Å². The first-order chi connectivity index (χ1) is 12.5. The number of anilines is 1. The Morgan fingerprint density at radius 2 is 2.19 bits per heavy atom. The molecule has 26 heavy (non-hydrogen) atoms. The fourth-order valence-corrected chi connectivity index (χ4v) is 3.25. The lowest BCUT2D eigenvalue weighted by Crippen LogP contribution is -2.41. The second kappa shape index (κ2) is 6.42. The fourth-order valence-electron chi connectivity index (χ4n) is 3.07. The van der Waals surface area contributed by atoms with Crippen molar-refractivity contribution in [1.82, 2.24) is 19.9 Å². The topological polar surface area (TPSA) is 79.6 Å². The van der Waals surface area contributed by atoms with Crippen molar-refractivity contribution in [3.05, 3.63) is 59.0 Å². The minimum atomic E-state index is -0.582. The molecule has 0 bridgehead atoms. The summed E-state index contributed by atoms with van der Waals surface area (Å²) in [5, 5.41) is 7.50. The van der Waals surface area contributed by atoms with Gasteiger partial charge >= 0.3 is 0 Å². The van der Waals surface area contributed by atoms with Gasteiger partial charge in [-0.3, -0.25) is 9.59 Å². The lowest BCUT2D eigenvalue weighted by Gasteiger charge is -2.17. The van der Waals surface area contributed by atoms with Crippen LogP contribution in [-0.4, -0.2) is 39.0 Å². The van der Waals surface area contributed by atoms with Gasteiger partial charge in [0.05, 0.1) is 6.20 Å². The Hall–Kier alpha value is -2.93. The van der Waals surface area contributed by atoms with Gasteiger partial charge in [0, 0.05) is 29.1 Å². The van der Waals surface area contributed by atoms with E-state index in [9.17, 15) is 9.59 Å². The number of aromatic nitrogens is 3. The van der Waals surface area contributed by atoms with E-state index in [0.717, 1.165) is 11.4 Å². The maximum atomic E-state index is 12.7. The molecule has 0 saturated carbocycles. The molecule has 1 N–H and O–H groups in total. The molecule has 2 amide bonds. The van der Waals surface area contributed by atoms with Crippen LogP contribution in [0, 0.1) is 6.92 Å². The van der Waals surface area contributed by atoms with Crippen LogP contribution in [0.3, 0.4) is 0 Å². The van der Waals surface area contributed by atoms with Crippen molar-refractivity contribution in [1.29, 1.82) is 0 Å². The van der Waals surface area contributed by atoms with Gasteiger partial charge < -0.3 is 10.2 Å². The quantitative estimate of drug-likeness (QED) is 0.767. The number of benzene rings is 1. The SMILES string of the molecule is Cc1ccn2ncc(C(=O)NC3CCN(c4cccc(Cl)c4)C3=O)c2n1. The largest absolute Gasteiger partial charge is 0.340 e. The Balaban J connectivity index is 1.53. The van der Waals surface area contributed by atoms with Crippen LogP contribution >= 0.6 is 11.6 Å². The summed E-state index contributed by atoms with van der Waals surface area (Å²) in [7, 11) is 0. The summed E-state index contributed by atoms with van der Waals surface area (Å²) in [6.45, 7) is 2.37. The van der Waals surface area contributed by atoms with E-state index >= 15 is 0 Å². The summed E-state index contributed by atoms with van der Waals surface area (Å²) in [6.07, 6.45) is 3.74. The predicted octanol–water partition coefficient (Wildman–Crippen LogP) is 2.23. The van der Waals surface area contributed by atoms with Crippen LogP contribution in [0.25, 0.3) is 5.65 Å². The average Bonchev–Trinajstić information content (AvgIpc) is 3.19. The van der Waals surface area contributed by atoms with Crippen LogP contribution in [0.1, 0.15) is 22.5 Å². The number of halogens is 1. The van der Waals surface area contributed by atoms with E-state index in [4.69, 9.17) is 11.6 Å². The number of amides is 2. The van der Waals surface area contributed by atoms with Gasteiger partial charge in [-0.15, -0.1) is 0 Å². The molecule has 3 aromatic rings. The van der Waals surface area contributed by atoms with Gasteiger partial charge in [0.2, 0.25) is 5.91 Å². The highest BCUT2D eigenvalue weighted by Crippen LogP contribution is 2.24. The molecule has 1 fully saturated rings. The molecule has 1 aliphatic heterocycles. The highest BCUT2D eigenvalue weighted by molar-refractivity contribution is 6.31. The van der Waals surface area contributed by atoms with Gasteiger partial charge in [0.1, 0.15) is 11.6 Å². The van der Waals surface area contributed by atoms with Crippen molar-refractivity contribution in [2.24, 2.45) is 0 Å². The van der Waals surface area contributed by atoms with Crippen LogP contribution in [0.4, 0.5) is 5.69 Å². The van der Waals surface area contributed by atoms with Crippen molar-refractivity contribution in [2.75, 3.05) is 11.4 Å². The number of hydrogen-bond donors (Lipinski definition) is 1. The maximum Gasteiger partial charge on any atom is 0.257 e. The molecule has 4 rings (SSSR count). The second-order valence-electron chi connectivity index (χ2n) is 6.18. The zero-order valence-electron chi connectivity index (χ0n) is 14.0. The number of fused-ring (bicyclic) bond motifs is 1. The summed E-state index contributed by atoms with van der Waals surface area (Å²) < 4.78 is 1.54. The lowest BCUT2D eigenvalue weighted by molar-refractivity contribution is -0.118. The number of nitrogens with zero attached hydrogens (tertiary/aromatic N) is 4. The van der Waals surface area contributed by atoms with Crippen molar-refractivity contribution < 1.29 is 9.59 Å². The lowest BCUT2D eigenvalue weighted by atomic mass is 10.2. The first-order valence-electron chi connectivity index (χ1n) is 8.22. The molecule has 0 radical (unpaired) electrons. The second-order valence-corrected chi connectivity index (χ2v) is 6.62. The predicted molar refractivity (Wildman–Crippen MR) is 97.4 cm³/mol. The van der Waals surface area contributed by atoms with E-state index in [-0.39, 0.29) is 11.8 Å². The number of aryl methyl sites for hydroxylation is 1. The molecule has 1 saturated heterocycles. The molecule has 132 valence electrons. The summed E-state index contributed by atoms with van der Waals surface area (Å²) >= 11 is 6.00. The van der Waals surface area contributed by atoms with E-state index in [0.29, 0.717) is 29.2 Å². The first-order valence-corrected chi connectivity index (χ1v) is 8.59. The van der Waals surface area contributed by atoms with Crippen LogP contribution in [-0.2, 0) is 4.79 Å². The minimum Gasteiger partial charge on any atom is -0.340 e. The van der Waals surface area contributed by atoms with E-state index in [2.05, 4.69) is 15.4 Å². The molecule has 1 aliphatic rings.